The number of nitrogens with zero attached hydrogens (tertiary/aromatic N) is 2. The van der Waals surface area contributed by atoms with Gasteiger partial charge in [0.15, 0.2) is 5.75 Å². The second-order valence-electron chi connectivity index (χ2n) is 3.85. The van der Waals surface area contributed by atoms with Crippen LogP contribution in [-0.2, 0) is 4.52 Å². The molecule has 11 nitrogen and oxygen atoms in total. The fraction of sp³-hybridized carbons (Fsp3) is 0.333. The summed E-state index contributed by atoms with van der Waals surface area (Å²) in [5.74, 6) is -0.517. The molecule has 22 heavy (non-hydrogen) atoms. The summed E-state index contributed by atoms with van der Waals surface area (Å²) in [7, 11) is -4.86. The zero-order valence-electron chi connectivity index (χ0n) is 11.6. The molecule has 116 valence electrons. The molecule has 0 spiro atoms. The van der Waals surface area contributed by atoms with E-state index in [-0.39, 0.29) is 29.6 Å². The number of hydrogen-bond donors (Lipinski definition) is 1. The summed E-state index contributed by atoms with van der Waals surface area (Å²) < 4.78 is 8.71. The molecule has 0 aromatic heterocycles. The zero-order valence-corrected chi connectivity index (χ0v) is 14.5. The normalized spacial score (nSPS) is 12.2. The van der Waals surface area contributed by atoms with Gasteiger partial charge in [0.05, 0.1) is 22.0 Å². The minimum Gasteiger partial charge on any atom is -0.627 e. The van der Waals surface area contributed by atoms with Crippen molar-refractivity contribution < 1.29 is 63.3 Å². The number of phosphoric ester groups is 1. The van der Waals surface area contributed by atoms with Crippen LogP contribution in [-0.4, -0.2) is 27.7 Å². The molecular weight excluding hydrogens is 334 g/mol. The summed E-state index contributed by atoms with van der Waals surface area (Å²) in [6, 6.07) is 2.21. The second-order valence-corrected chi connectivity index (χ2v) is 5.18. The van der Waals surface area contributed by atoms with E-state index in [0.29, 0.717) is 6.07 Å². The number of nitro benzene ring substituents is 2. The third-order valence-corrected chi connectivity index (χ3v) is 2.93. The molecule has 1 aromatic carbocycles. The van der Waals surface area contributed by atoms with Crippen molar-refractivity contribution in [3.8, 4) is 5.75 Å². The summed E-state index contributed by atoms with van der Waals surface area (Å²) in [6.45, 7) is 0.715. The molecule has 0 fully saturated rings. The Hall–Kier alpha value is -0.910. The number of aliphatic hydroxyl groups excluding tert-OH is 1. The molecule has 13 heteroatoms. The van der Waals surface area contributed by atoms with Gasteiger partial charge in [0.2, 0.25) is 8.17 Å². The van der Waals surface area contributed by atoms with Crippen molar-refractivity contribution in [2.75, 3.05) is 6.61 Å². The van der Waals surface area contributed by atoms with E-state index in [9.17, 15) is 30.0 Å². The molecule has 1 rings (SSSR count). The predicted molar refractivity (Wildman–Crippen MR) is 64.9 cm³/mol. The first-order valence-corrected chi connectivity index (χ1v) is 6.84. The fourth-order valence-electron chi connectivity index (χ4n) is 1.22. The van der Waals surface area contributed by atoms with Crippen molar-refractivity contribution in [1.82, 2.24) is 0 Å². The molecule has 1 aromatic rings. The van der Waals surface area contributed by atoms with Gasteiger partial charge in [0.1, 0.15) is 6.61 Å². The molecular formula is C9H10N2NaO9P. The van der Waals surface area contributed by atoms with E-state index < -0.39 is 47.9 Å². The van der Waals surface area contributed by atoms with Crippen molar-refractivity contribution in [3.63, 3.8) is 0 Å². The number of aliphatic hydroxyl groups is 1. The molecule has 0 saturated heterocycles. The summed E-state index contributed by atoms with van der Waals surface area (Å²) in [5, 5.41) is 30.2. The molecule has 1 unspecified atom stereocenters. The molecule has 1 N–H and O–H groups in total. The minimum atomic E-state index is -4.86. The van der Waals surface area contributed by atoms with Crippen LogP contribution in [0, 0.1) is 20.2 Å². The van der Waals surface area contributed by atoms with E-state index in [1.165, 1.54) is 6.92 Å². The van der Waals surface area contributed by atoms with Crippen molar-refractivity contribution in [2.24, 2.45) is 0 Å². The predicted octanol–water partition coefficient (Wildman–Crippen LogP) is -3.32. The Labute approximate surface area is 146 Å². The third kappa shape index (κ3) is 6.46. The van der Waals surface area contributed by atoms with E-state index in [1.807, 2.05) is 0 Å². The first-order valence-electron chi connectivity index (χ1n) is 5.38. The second kappa shape index (κ2) is 8.65. The molecule has 0 radical (unpaired) electrons. The number of benzene rings is 1. The Balaban J connectivity index is 0.00000441. The molecule has 0 aliphatic heterocycles. The van der Waals surface area contributed by atoms with Gasteiger partial charge in [0, 0.05) is 6.07 Å². The Morgan fingerprint density at radius 2 is 1.77 bits per heavy atom. The van der Waals surface area contributed by atoms with Gasteiger partial charge >= 0.3 is 40.9 Å². The Kier molecular flexibility index (Phi) is 8.29. The maximum atomic E-state index is 11.4. The number of nitro groups is 2. The Bertz CT molecular complexity index is 554. The van der Waals surface area contributed by atoms with Crippen LogP contribution in [0.1, 0.15) is 6.92 Å². The van der Waals surface area contributed by atoms with Gasteiger partial charge in [-0.15, -0.1) is 0 Å². The van der Waals surface area contributed by atoms with Gasteiger partial charge < -0.3 is 19.4 Å². The molecule has 0 aliphatic rings. The van der Waals surface area contributed by atoms with Gasteiger partial charge in [-0.05, 0) is 13.0 Å². The van der Waals surface area contributed by atoms with E-state index >= 15 is 0 Å². The van der Waals surface area contributed by atoms with Crippen LogP contribution in [0.2, 0.25) is 0 Å². The number of hydrogen-bond acceptors (Lipinski definition) is 9. The first kappa shape index (κ1) is 21.1. The maximum absolute atomic E-state index is 11.4. The van der Waals surface area contributed by atoms with E-state index in [2.05, 4.69) is 9.05 Å². The monoisotopic (exact) mass is 344 g/mol. The topological polar surface area (TPSA) is 171 Å². The average molecular weight is 344 g/mol. The summed E-state index contributed by atoms with van der Waals surface area (Å²) in [4.78, 5) is 42.0. The minimum absolute atomic E-state index is 0. The van der Waals surface area contributed by atoms with Crippen molar-refractivity contribution in [2.45, 2.75) is 13.0 Å². The first-order chi connectivity index (χ1) is 9.62. The molecule has 0 bridgehead atoms. The smallest absolute Gasteiger partial charge is 0.627 e. The van der Waals surface area contributed by atoms with Crippen LogP contribution >= 0.6 is 8.17 Å². The van der Waals surface area contributed by atoms with Crippen LogP contribution in [0.5, 0.6) is 5.75 Å². The van der Waals surface area contributed by atoms with Crippen LogP contribution in [0.3, 0.4) is 0 Å². The Morgan fingerprint density at radius 3 is 2.23 bits per heavy atom. The standard InChI is InChI=1S/C9H11N2O9P.Na/c1-6(12)5-19-21(17,18)20-7-2-3-8(10(13)14)9(4-7)11(15)16;/h2-4,6,12H,5H2,1H3,(H,17,18);/q;+1/p-1. The number of phosphoric acid groups is 1. The molecule has 1 atom stereocenters. The summed E-state index contributed by atoms with van der Waals surface area (Å²) in [5.41, 5.74) is -1.73. The largest absolute Gasteiger partial charge is 1.00 e. The van der Waals surface area contributed by atoms with Gasteiger partial charge in [-0.2, -0.15) is 0 Å². The van der Waals surface area contributed by atoms with E-state index in [1.54, 1.807) is 0 Å². The maximum Gasteiger partial charge on any atom is 1.00 e. The molecule has 0 amide bonds. The SMILES string of the molecule is CC(O)CO[P+]([O-])([O-])Oc1ccc([N+](=O)[O-])c([N+](=O)[O-])c1.[Na+]. The summed E-state index contributed by atoms with van der Waals surface area (Å²) in [6.07, 6.45) is -1.07. The van der Waals surface area contributed by atoms with E-state index in [4.69, 9.17) is 5.11 Å². The van der Waals surface area contributed by atoms with Crippen LogP contribution in [0.25, 0.3) is 0 Å². The van der Waals surface area contributed by atoms with E-state index in [0.717, 1.165) is 12.1 Å². The van der Waals surface area contributed by atoms with Crippen LogP contribution in [0.4, 0.5) is 11.4 Å². The summed E-state index contributed by atoms with van der Waals surface area (Å²) >= 11 is 0. The van der Waals surface area contributed by atoms with Crippen molar-refractivity contribution >= 4 is 19.5 Å². The van der Waals surface area contributed by atoms with Gasteiger partial charge in [-0.1, -0.05) is 0 Å². The average Bonchev–Trinajstić information content (AvgIpc) is 2.35. The zero-order chi connectivity index (χ0) is 16.2. The van der Waals surface area contributed by atoms with Crippen LogP contribution < -0.4 is 43.9 Å². The molecule has 0 heterocycles. The van der Waals surface area contributed by atoms with Gasteiger partial charge in [0.25, 0.3) is 0 Å². The van der Waals surface area contributed by atoms with Gasteiger partial charge in [-0.25, -0.2) is 4.52 Å². The Morgan fingerprint density at radius 1 is 1.23 bits per heavy atom. The third-order valence-electron chi connectivity index (χ3n) is 2.03. The molecule has 0 saturated carbocycles. The quantitative estimate of drug-likeness (QED) is 0.230. The van der Waals surface area contributed by atoms with Crippen molar-refractivity contribution in [3.05, 3.63) is 38.4 Å². The fourth-order valence-corrected chi connectivity index (χ4v) is 2.04. The van der Waals surface area contributed by atoms with Crippen molar-refractivity contribution in [1.29, 1.82) is 0 Å². The van der Waals surface area contributed by atoms with Gasteiger partial charge in [-0.3, -0.25) is 20.2 Å². The van der Waals surface area contributed by atoms with Crippen LogP contribution in [0.15, 0.2) is 18.2 Å². The number of rotatable bonds is 7. The molecule has 0 aliphatic carbocycles.